The summed E-state index contributed by atoms with van der Waals surface area (Å²) in [6, 6.07) is 30.4. The summed E-state index contributed by atoms with van der Waals surface area (Å²) in [5.41, 5.74) is 6.20. The number of para-hydroxylation sites is 3. The first kappa shape index (κ1) is 16.0. The number of halogens is 1. The molecule has 27 heavy (non-hydrogen) atoms. The van der Waals surface area contributed by atoms with E-state index in [1.165, 1.54) is 5.56 Å². The van der Waals surface area contributed by atoms with E-state index in [1.807, 2.05) is 54.6 Å². The molecule has 130 valence electrons. The van der Waals surface area contributed by atoms with Gasteiger partial charge in [0.05, 0.1) is 16.4 Å². The topological polar surface area (TPSA) is 21.3 Å². The number of rotatable bonds is 2. The molecule has 1 heterocycles. The van der Waals surface area contributed by atoms with Crippen LogP contribution >= 0.6 is 11.6 Å². The van der Waals surface area contributed by atoms with Gasteiger partial charge in [-0.1, -0.05) is 78.3 Å². The van der Waals surface area contributed by atoms with Gasteiger partial charge in [0, 0.05) is 11.1 Å². The molecule has 0 saturated carbocycles. The number of nitrogens with one attached hydrogen (secondary N) is 1. The molecule has 0 spiro atoms. The van der Waals surface area contributed by atoms with E-state index in [0.29, 0.717) is 5.02 Å². The summed E-state index contributed by atoms with van der Waals surface area (Å²) in [5.74, 6) is 1.65. The summed E-state index contributed by atoms with van der Waals surface area (Å²) in [7, 11) is 0. The van der Waals surface area contributed by atoms with Gasteiger partial charge in [0.1, 0.15) is 5.75 Å². The predicted molar refractivity (Wildman–Crippen MR) is 112 cm³/mol. The van der Waals surface area contributed by atoms with Crippen LogP contribution in [0.15, 0.2) is 91.0 Å². The zero-order chi connectivity index (χ0) is 18.2. The second kappa shape index (κ2) is 6.49. The minimum Gasteiger partial charge on any atom is -0.454 e. The zero-order valence-electron chi connectivity index (χ0n) is 14.4. The molecule has 0 saturated heterocycles. The Morgan fingerprint density at radius 3 is 1.96 bits per heavy atom. The van der Waals surface area contributed by atoms with E-state index in [-0.39, 0.29) is 0 Å². The van der Waals surface area contributed by atoms with Crippen molar-refractivity contribution in [2.75, 3.05) is 5.32 Å². The molecule has 0 unspecified atom stereocenters. The van der Waals surface area contributed by atoms with Crippen molar-refractivity contribution in [3.05, 3.63) is 96.0 Å². The van der Waals surface area contributed by atoms with Crippen LogP contribution in [0.4, 0.5) is 11.4 Å². The van der Waals surface area contributed by atoms with Gasteiger partial charge in [0.25, 0.3) is 0 Å². The second-order valence-electron chi connectivity index (χ2n) is 6.43. The number of hydrogen-bond donors (Lipinski definition) is 1. The highest BCUT2D eigenvalue weighted by atomic mass is 35.5. The molecule has 0 aromatic heterocycles. The van der Waals surface area contributed by atoms with Gasteiger partial charge in [-0.2, -0.15) is 0 Å². The quantitative estimate of drug-likeness (QED) is 0.347. The Hall–Kier alpha value is -3.23. The van der Waals surface area contributed by atoms with Gasteiger partial charge in [-0.3, -0.25) is 0 Å². The lowest BCUT2D eigenvalue weighted by molar-refractivity contribution is 0.490. The third kappa shape index (κ3) is 2.75. The Morgan fingerprint density at radius 2 is 1.15 bits per heavy atom. The summed E-state index contributed by atoms with van der Waals surface area (Å²) in [5, 5.41) is 4.10. The summed E-state index contributed by atoms with van der Waals surface area (Å²) < 4.78 is 6.42. The minimum atomic E-state index is 0.671. The first-order valence-corrected chi connectivity index (χ1v) is 9.20. The highest BCUT2D eigenvalue weighted by Gasteiger charge is 2.22. The monoisotopic (exact) mass is 369 g/mol. The number of hydrogen-bond acceptors (Lipinski definition) is 2. The molecule has 0 fully saturated rings. The maximum Gasteiger partial charge on any atom is 0.158 e. The molecular formula is C24H16ClNO. The predicted octanol–water partition coefficient (Wildman–Crippen LogP) is 7.52. The lowest BCUT2D eigenvalue weighted by Gasteiger charge is -2.16. The van der Waals surface area contributed by atoms with Crippen LogP contribution in [-0.2, 0) is 0 Å². The normalized spacial score (nSPS) is 11.4. The van der Waals surface area contributed by atoms with Crippen LogP contribution in [0.1, 0.15) is 0 Å². The largest absolute Gasteiger partial charge is 0.454 e. The number of benzene rings is 4. The molecule has 1 aliphatic rings. The van der Waals surface area contributed by atoms with E-state index in [2.05, 4.69) is 41.7 Å². The molecule has 4 aromatic rings. The van der Waals surface area contributed by atoms with Gasteiger partial charge < -0.3 is 10.1 Å². The van der Waals surface area contributed by atoms with Gasteiger partial charge in [0.2, 0.25) is 0 Å². The molecule has 1 N–H and O–H groups in total. The number of ether oxygens (including phenoxy) is 1. The Bertz CT molecular complexity index is 1150. The third-order valence-corrected chi connectivity index (χ3v) is 5.09. The Morgan fingerprint density at radius 1 is 0.556 bits per heavy atom. The van der Waals surface area contributed by atoms with Crippen molar-refractivity contribution in [3.63, 3.8) is 0 Å². The average molecular weight is 370 g/mol. The van der Waals surface area contributed by atoms with Gasteiger partial charge >= 0.3 is 0 Å². The van der Waals surface area contributed by atoms with Crippen LogP contribution in [0.2, 0.25) is 5.02 Å². The van der Waals surface area contributed by atoms with E-state index < -0.39 is 0 Å². The van der Waals surface area contributed by atoms with E-state index in [1.54, 1.807) is 0 Å². The minimum absolute atomic E-state index is 0.671. The first-order chi connectivity index (χ1) is 13.3. The molecule has 2 nitrogen and oxygen atoms in total. The number of fused-ring (bicyclic) bond motifs is 5. The van der Waals surface area contributed by atoms with E-state index in [9.17, 15) is 0 Å². The summed E-state index contributed by atoms with van der Waals surface area (Å²) in [6.07, 6.45) is 0. The van der Waals surface area contributed by atoms with Gasteiger partial charge in [-0.15, -0.1) is 0 Å². The average Bonchev–Trinajstić information content (AvgIpc) is 2.85. The highest BCUT2D eigenvalue weighted by Crippen LogP contribution is 2.49. The summed E-state index contributed by atoms with van der Waals surface area (Å²) in [6.45, 7) is 0. The van der Waals surface area contributed by atoms with Crippen molar-refractivity contribution in [2.45, 2.75) is 0 Å². The van der Waals surface area contributed by atoms with Crippen molar-refractivity contribution in [2.24, 2.45) is 0 Å². The molecule has 0 aliphatic carbocycles. The highest BCUT2D eigenvalue weighted by molar-refractivity contribution is 6.33. The SMILES string of the molecule is Clc1ccccc1Nc1cccc2c1Oc1ccccc1-c1ccccc1-2. The Kier molecular flexibility index (Phi) is 3.84. The molecule has 0 atom stereocenters. The molecule has 0 radical (unpaired) electrons. The fourth-order valence-corrected chi connectivity index (χ4v) is 3.69. The lowest BCUT2D eigenvalue weighted by Crippen LogP contribution is -1.96. The molecular weight excluding hydrogens is 354 g/mol. The van der Waals surface area contributed by atoms with E-state index in [4.69, 9.17) is 16.3 Å². The maximum absolute atomic E-state index is 6.42. The van der Waals surface area contributed by atoms with Gasteiger partial charge in [-0.25, -0.2) is 0 Å². The second-order valence-corrected chi connectivity index (χ2v) is 6.84. The molecule has 0 bridgehead atoms. The molecule has 0 amide bonds. The van der Waals surface area contributed by atoms with Crippen LogP contribution in [0.3, 0.4) is 0 Å². The van der Waals surface area contributed by atoms with Crippen molar-refractivity contribution in [3.8, 4) is 33.8 Å². The Balaban J connectivity index is 1.73. The standard InChI is InChI=1S/C24H16ClNO/c25-20-12-4-5-13-21(20)26-22-14-7-11-19-17-9-2-1-8-16(17)18-10-3-6-15-23(18)27-24(19)22/h1-15,26H. The smallest absolute Gasteiger partial charge is 0.158 e. The molecule has 5 rings (SSSR count). The van der Waals surface area contributed by atoms with Gasteiger partial charge in [0.15, 0.2) is 5.75 Å². The van der Waals surface area contributed by atoms with Crippen molar-refractivity contribution < 1.29 is 4.74 Å². The molecule has 3 heteroatoms. The van der Waals surface area contributed by atoms with E-state index >= 15 is 0 Å². The summed E-state index contributed by atoms with van der Waals surface area (Å²) >= 11 is 6.35. The third-order valence-electron chi connectivity index (χ3n) is 4.76. The van der Waals surface area contributed by atoms with Crippen molar-refractivity contribution in [1.29, 1.82) is 0 Å². The lowest BCUT2D eigenvalue weighted by atomic mass is 9.94. The first-order valence-electron chi connectivity index (χ1n) is 8.82. The molecule has 4 aromatic carbocycles. The van der Waals surface area contributed by atoms with Crippen LogP contribution in [-0.4, -0.2) is 0 Å². The maximum atomic E-state index is 6.42. The molecule has 1 aliphatic heterocycles. The van der Waals surface area contributed by atoms with Crippen molar-refractivity contribution >= 4 is 23.0 Å². The Labute approximate surface area is 163 Å². The van der Waals surface area contributed by atoms with E-state index in [0.717, 1.165) is 39.6 Å². The van der Waals surface area contributed by atoms with Gasteiger partial charge in [-0.05, 0) is 35.4 Å². The summed E-state index contributed by atoms with van der Waals surface area (Å²) in [4.78, 5) is 0. The van der Waals surface area contributed by atoms with Crippen LogP contribution < -0.4 is 10.1 Å². The zero-order valence-corrected chi connectivity index (χ0v) is 15.2. The van der Waals surface area contributed by atoms with Crippen LogP contribution in [0.25, 0.3) is 22.3 Å². The van der Waals surface area contributed by atoms with Crippen LogP contribution in [0.5, 0.6) is 11.5 Å². The van der Waals surface area contributed by atoms with Crippen molar-refractivity contribution in [1.82, 2.24) is 0 Å². The fraction of sp³-hybridized carbons (Fsp3) is 0. The van der Waals surface area contributed by atoms with Crippen LogP contribution in [0, 0.1) is 0 Å². The number of anilines is 2. The fourth-order valence-electron chi connectivity index (χ4n) is 3.51.